The summed E-state index contributed by atoms with van der Waals surface area (Å²) in [5.74, 6) is 1.66. The molecule has 0 radical (unpaired) electrons. The number of nitrogens with one attached hydrogen (secondary N) is 1. The van der Waals surface area contributed by atoms with Crippen LogP contribution in [0.5, 0.6) is 0 Å². The SMILES string of the molecule is CCNCC(C)C(=O)N1CC(C)CC(C)C1C. The number of carbonyl (C=O) groups is 1. The first-order valence-corrected chi connectivity index (χ1v) is 6.98. The summed E-state index contributed by atoms with van der Waals surface area (Å²) < 4.78 is 0. The summed E-state index contributed by atoms with van der Waals surface area (Å²) in [5.41, 5.74) is 0. The molecule has 1 fully saturated rings. The number of likely N-dealkylation sites (tertiary alicyclic amines) is 1. The maximum absolute atomic E-state index is 12.4. The zero-order valence-corrected chi connectivity index (χ0v) is 12.0. The average molecular weight is 240 g/mol. The molecular weight excluding hydrogens is 212 g/mol. The first kappa shape index (κ1) is 14.5. The molecule has 1 heterocycles. The molecule has 1 aliphatic rings. The van der Waals surface area contributed by atoms with Crippen LogP contribution in [-0.2, 0) is 4.79 Å². The predicted octanol–water partition coefficient (Wildman–Crippen LogP) is 2.12. The van der Waals surface area contributed by atoms with E-state index in [-0.39, 0.29) is 5.92 Å². The lowest BCUT2D eigenvalue weighted by molar-refractivity contribution is -0.140. The lowest BCUT2D eigenvalue weighted by Crippen LogP contribution is -2.51. The van der Waals surface area contributed by atoms with Gasteiger partial charge in [0.25, 0.3) is 0 Å². The first-order chi connectivity index (χ1) is 7.97. The molecule has 0 saturated carbocycles. The van der Waals surface area contributed by atoms with E-state index in [4.69, 9.17) is 0 Å². The topological polar surface area (TPSA) is 32.3 Å². The predicted molar refractivity (Wildman–Crippen MR) is 71.8 cm³/mol. The Balaban J connectivity index is 2.60. The second-order valence-electron chi connectivity index (χ2n) is 5.76. The summed E-state index contributed by atoms with van der Waals surface area (Å²) in [4.78, 5) is 14.5. The zero-order chi connectivity index (χ0) is 13.0. The van der Waals surface area contributed by atoms with Crippen molar-refractivity contribution in [3.63, 3.8) is 0 Å². The fourth-order valence-electron chi connectivity index (χ4n) is 2.74. The molecule has 1 N–H and O–H groups in total. The van der Waals surface area contributed by atoms with Crippen molar-refractivity contribution in [2.24, 2.45) is 17.8 Å². The Kier molecular flexibility index (Phi) is 5.44. The number of hydrogen-bond donors (Lipinski definition) is 1. The number of nitrogens with zero attached hydrogens (tertiary/aromatic N) is 1. The highest BCUT2D eigenvalue weighted by Gasteiger charge is 2.33. The number of carbonyl (C=O) groups excluding carboxylic acids is 1. The summed E-state index contributed by atoms with van der Waals surface area (Å²) in [6.07, 6.45) is 1.24. The summed E-state index contributed by atoms with van der Waals surface area (Å²) in [7, 11) is 0. The lowest BCUT2D eigenvalue weighted by Gasteiger charge is -2.42. The first-order valence-electron chi connectivity index (χ1n) is 6.98. The van der Waals surface area contributed by atoms with Crippen LogP contribution in [0.15, 0.2) is 0 Å². The van der Waals surface area contributed by atoms with Gasteiger partial charge in [-0.25, -0.2) is 0 Å². The van der Waals surface area contributed by atoms with Crippen molar-refractivity contribution < 1.29 is 4.79 Å². The minimum absolute atomic E-state index is 0.0925. The van der Waals surface area contributed by atoms with Crippen LogP contribution >= 0.6 is 0 Å². The van der Waals surface area contributed by atoms with E-state index in [2.05, 4.69) is 37.9 Å². The van der Waals surface area contributed by atoms with E-state index in [9.17, 15) is 4.79 Å². The largest absolute Gasteiger partial charge is 0.339 e. The van der Waals surface area contributed by atoms with Crippen LogP contribution in [0, 0.1) is 17.8 Å². The third-order valence-electron chi connectivity index (χ3n) is 4.00. The molecule has 0 bridgehead atoms. The molecule has 0 aliphatic carbocycles. The molecule has 0 spiro atoms. The average Bonchev–Trinajstić information content (AvgIpc) is 2.29. The van der Waals surface area contributed by atoms with Crippen LogP contribution < -0.4 is 5.32 Å². The minimum atomic E-state index is 0.0925. The monoisotopic (exact) mass is 240 g/mol. The number of rotatable bonds is 4. The molecule has 0 aromatic heterocycles. The normalized spacial score (nSPS) is 31.4. The molecule has 100 valence electrons. The van der Waals surface area contributed by atoms with Gasteiger partial charge >= 0.3 is 0 Å². The molecule has 1 amide bonds. The van der Waals surface area contributed by atoms with Gasteiger partial charge < -0.3 is 10.2 Å². The van der Waals surface area contributed by atoms with Crippen molar-refractivity contribution >= 4 is 5.91 Å². The standard InChI is InChI=1S/C14H28N2O/c1-6-15-8-12(4)14(17)16-9-10(2)7-11(3)13(16)5/h10-13,15H,6-9H2,1-5H3. The van der Waals surface area contributed by atoms with E-state index in [0.29, 0.717) is 23.8 Å². The fraction of sp³-hybridized carbons (Fsp3) is 0.929. The molecule has 17 heavy (non-hydrogen) atoms. The molecule has 1 saturated heterocycles. The molecule has 3 nitrogen and oxygen atoms in total. The van der Waals surface area contributed by atoms with Gasteiger partial charge in [-0.3, -0.25) is 4.79 Å². The third-order valence-corrected chi connectivity index (χ3v) is 4.00. The summed E-state index contributed by atoms with van der Waals surface area (Å²) in [6.45, 7) is 13.5. The van der Waals surface area contributed by atoms with Gasteiger partial charge in [0.1, 0.15) is 0 Å². The van der Waals surface area contributed by atoms with E-state index in [1.807, 2.05) is 6.92 Å². The Bertz CT molecular complexity index is 255. The second-order valence-corrected chi connectivity index (χ2v) is 5.76. The van der Waals surface area contributed by atoms with Crippen molar-refractivity contribution in [3.05, 3.63) is 0 Å². The highest BCUT2D eigenvalue weighted by Crippen LogP contribution is 2.27. The van der Waals surface area contributed by atoms with E-state index in [1.54, 1.807) is 0 Å². The van der Waals surface area contributed by atoms with Crippen molar-refractivity contribution in [1.82, 2.24) is 10.2 Å². The molecule has 4 atom stereocenters. The van der Waals surface area contributed by atoms with Gasteiger partial charge in [-0.2, -0.15) is 0 Å². The quantitative estimate of drug-likeness (QED) is 0.816. The maximum Gasteiger partial charge on any atom is 0.226 e. The summed E-state index contributed by atoms with van der Waals surface area (Å²) in [5, 5.41) is 3.26. The number of hydrogen-bond acceptors (Lipinski definition) is 2. The van der Waals surface area contributed by atoms with E-state index in [0.717, 1.165) is 19.6 Å². The van der Waals surface area contributed by atoms with Gasteiger partial charge in [0.15, 0.2) is 0 Å². The zero-order valence-electron chi connectivity index (χ0n) is 12.0. The van der Waals surface area contributed by atoms with Crippen molar-refractivity contribution in [3.8, 4) is 0 Å². The molecular formula is C14H28N2O. The Labute approximate surface area is 106 Å². The lowest BCUT2D eigenvalue weighted by atomic mass is 9.85. The number of piperidine rings is 1. The van der Waals surface area contributed by atoms with Gasteiger partial charge in [0.05, 0.1) is 0 Å². The molecule has 1 rings (SSSR count). The highest BCUT2D eigenvalue weighted by atomic mass is 16.2. The van der Waals surface area contributed by atoms with Gasteiger partial charge in [0, 0.05) is 25.0 Å². The van der Waals surface area contributed by atoms with Crippen LogP contribution in [0.25, 0.3) is 0 Å². The van der Waals surface area contributed by atoms with Crippen LogP contribution in [0.1, 0.15) is 41.0 Å². The van der Waals surface area contributed by atoms with Crippen molar-refractivity contribution in [2.45, 2.75) is 47.1 Å². The Morgan fingerprint density at radius 2 is 2.06 bits per heavy atom. The Morgan fingerprint density at radius 1 is 1.41 bits per heavy atom. The highest BCUT2D eigenvalue weighted by molar-refractivity contribution is 5.79. The van der Waals surface area contributed by atoms with Gasteiger partial charge in [0.2, 0.25) is 5.91 Å². The van der Waals surface area contributed by atoms with E-state index in [1.165, 1.54) is 6.42 Å². The van der Waals surface area contributed by atoms with E-state index < -0.39 is 0 Å². The third kappa shape index (κ3) is 3.70. The van der Waals surface area contributed by atoms with Gasteiger partial charge in [-0.05, 0) is 31.7 Å². The van der Waals surface area contributed by atoms with Crippen LogP contribution in [0.4, 0.5) is 0 Å². The smallest absolute Gasteiger partial charge is 0.226 e. The minimum Gasteiger partial charge on any atom is -0.339 e. The summed E-state index contributed by atoms with van der Waals surface area (Å²) >= 11 is 0. The molecule has 0 aromatic carbocycles. The van der Waals surface area contributed by atoms with Crippen LogP contribution in [0.2, 0.25) is 0 Å². The number of amides is 1. The molecule has 4 unspecified atom stereocenters. The molecule has 3 heteroatoms. The Hall–Kier alpha value is -0.570. The molecule has 1 aliphatic heterocycles. The summed E-state index contributed by atoms with van der Waals surface area (Å²) in [6, 6.07) is 0.391. The van der Waals surface area contributed by atoms with Gasteiger partial charge in [-0.15, -0.1) is 0 Å². The van der Waals surface area contributed by atoms with Crippen LogP contribution in [-0.4, -0.2) is 36.5 Å². The van der Waals surface area contributed by atoms with Crippen molar-refractivity contribution in [1.29, 1.82) is 0 Å². The van der Waals surface area contributed by atoms with Gasteiger partial charge in [-0.1, -0.05) is 27.7 Å². The molecule has 0 aromatic rings. The second kappa shape index (κ2) is 6.39. The van der Waals surface area contributed by atoms with E-state index >= 15 is 0 Å². The van der Waals surface area contributed by atoms with Crippen molar-refractivity contribution in [2.75, 3.05) is 19.6 Å². The van der Waals surface area contributed by atoms with Crippen LogP contribution in [0.3, 0.4) is 0 Å². The maximum atomic E-state index is 12.4. The Morgan fingerprint density at radius 3 is 2.65 bits per heavy atom. The fourth-order valence-corrected chi connectivity index (χ4v) is 2.74.